The van der Waals surface area contributed by atoms with Crippen molar-refractivity contribution >= 4 is 16.7 Å². The Kier molecular flexibility index (Phi) is 4.14. The van der Waals surface area contributed by atoms with Crippen molar-refractivity contribution in [3.8, 4) is 5.75 Å². The van der Waals surface area contributed by atoms with E-state index in [1.807, 2.05) is 24.8 Å². The second-order valence-electron chi connectivity index (χ2n) is 7.02. The zero-order valence-electron chi connectivity index (χ0n) is 15.6. The van der Waals surface area contributed by atoms with Gasteiger partial charge >= 0.3 is 11.8 Å². The van der Waals surface area contributed by atoms with Crippen LogP contribution in [0.2, 0.25) is 0 Å². The minimum absolute atomic E-state index is 0.194. The molecule has 1 aromatic heterocycles. The second kappa shape index (κ2) is 6.29. The highest BCUT2D eigenvalue weighted by Gasteiger charge is 2.30. The fraction of sp³-hybridized carbons (Fsp3) is 0.286. The Morgan fingerprint density at radius 3 is 2.32 bits per heavy atom. The van der Waals surface area contributed by atoms with E-state index in [1.54, 1.807) is 6.92 Å². The number of fused-ring (bicyclic) bond motifs is 2. The van der Waals surface area contributed by atoms with Gasteiger partial charge in [-0.2, -0.15) is 13.2 Å². The zero-order valence-corrected chi connectivity index (χ0v) is 15.6. The molecular weight excluding hydrogens is 371 g/mol. The minimum atomic E-state index is -4.36. The number of ether oxygens (including phenoxy) is 1. The molecule has 1 aliphatic heterocycles. The van der Waals surface area contributed by atoms with Crippen LogP contribution in [0.25, 0.3) is 11.0 Å². The van der Waals surface area contributed by atoms with E-state index in [0.717, 1.165) is 34.2 Å². The molecule has 1 aliphatic rings. The van der Waals surface area contributed by atoms with Crippen molar-refractivity contribution in [3.63, 3.8) is 0 Å². The first kappa shape index (κ1) is 18.4. The fourth-order valence-electron chi connectivity index (χ4n) is 3.52. The maximum atomic E-state index is 12.8. The summed E-state index contributed by atoms with van der Waals surface area (Å²) in [5.41, 5.74) is 3.16. The van der Waals surface area contributed by atoms with Crippen LogP contribution in [-0.2, 0) is 12.7 Å². The van der Waals surface area contributed by atoms with E-state index in [0.29, 0.717) is 29.1 Å². The van der Waals surface area contributed by atoms with Gasteiger partial charge in [-0.3, -0.25) is 0 Å². The van der Waals surface area contributed by atoms with Gasteiger partial charge in [-0.1, -0.05) is 0 Å². The topological polar surface area (TPSA) is 42.7 Å². The van der Waals surface area contributed by atoms with Crippen LogP contribution in [0.1, 0.15) is 27.8 Å². The molecule has 0 spiro atoms. The molecule has 0 unspecified atom stereocenters. The first-order valence-electron chi connectivity index (χ1n) is 8.78. The summed E-state index contributed by atoms with van der Waals surface area (Å²) in [6, 6.07) is 6.95. The molecule has 0 aliphatic carbocycles. The van der Waals surface area contributed by atoms with E-state index >= 15 is 0 Å². The van der Waals surface area contributed by atoms with E-state index in [-0.39, 0.29) is 12.4 Å². The number of hydrogen-bond acceptors (Lipinski definition) is 4. The smallest absolute Gasteiger partial charge is 0.416 e. The van der Waals surface area contributed by atoms with Crippen LogP contribution >= 0.6 is 0 Å². The molecule has 4 nitrogen and oxygen atoms in total. The molecule has 0 N–H and O–H groups in total. The normalized spacial score (nSPS) is 14.1. The molecule has 2 heterocycles. The molecule has 0 bridgehead atoms. The predicted molar refractivity (Wildman–Crippen MR) is 99.8 cm³/mol. The lowest BCUT2D eigenvalue weighted by atomic mass is 9.99. The highest BCUT2D eigenvalue weighted by Crippen LogP contribution is 2.38. The fourth-order valence-corrected chi connectivity index (χ4v) is 3.52. The number of halogens is 3. The van der Waals surface area contributed by atoms with Gasteiger partial charge in [-0.25, -0.2) is 4.79 Å². The summed E-state index contributed by atoms with van der Waals surface area (Å²) in [5.74, 6) is 0.655. The van der Waals surface area contributed by atoms with Crippen LogP contribution in [0, 0.1) is 20.8 Å². The molecule has 0 amide bonds. The Hall–Kier alpha value is -2.96. The van der Waals surface area contributed by atoms with Gasteiger partial charge in [0.25, 0.3) is 0 Å². The third-order valence-electron chi connectivity index (χ3n) is 5.29. The van der Waals surface area contributed by atoms with Gasteiger partial charge in [0, 0.05) is 34.3 Å². The lowest BCUT2D eigenvalue weighted by molar-refractivity contribution is -0.137. The second-order valence-corrected chi connectivity index (χ2v) is 7.02. The van der Waals surface area contributed by atoms with Crippen molar-refractivity contribution in [2.75, 3.05) is 11.6 Å². The van der Waals surface area contributed by atoms with Crippen molar-refractivity contribution in [3.05, 3.63) is 68.6 Å². The number of alkyl halides is 3. The highest BCUT2D eigenvalue weighted by molar-refractivity contribution is 5.87. The number of nitrogens with zero attached hydrogens (tertiary/aromatic N) is 1. The largest absolute Gasteiger partial charge is 0.472 e. The van der Waals surface area contributed by atoms with Crippen LogP contribution in [-0.4, -0.2) is 6.73 Å². The van der Waals surface area contributed by atoms with Crippen molar-refractivity contribution in [2.24, 2.45) is 0 Å². The number of aryl methyl sites for hydroxylation is 2. The van der Waals surface area contributed by atoms with Crippen molar-refractivity contribution in [1.82, 2.24) is 0 Å². The Balaban J connectivity index is 1.74. The van der Waals surface area contributed by atoms with Crippen molar-refractivity contribution in [2.45, 2.75) is 33.5 Å². The molecule has 2 aromatic carbocycles. The van der Waals surface area contributed by atoms with Crippen LogP contribution in [0.3, 0.4) is 0 Å². The quantitative estimate of drug-likeness (QED) is 0.544. The van der Waals surface area contributed by atoms with Crippen LogP contribution in [0.5, 0.6) is 5.75 Å². The van der Waals surface area contributed by atoms with Gasteiger partial charge in [-0.05, 0) is 56.7 Å². The monoisotopic (exact) mass is 389 g/mol. The summed E-state index contributed by atoms with van der Waals surface area (Å²) in [7, 11) is 0. The molecule has 7 heteroatoms. The van der Waals surface area contributed by atoms with Gasteiger partial charge in [0.2, 0.25) is 0 Å². The summed E-state index contributed by atoms with van der Waals surface area (Å²) < 4.78 is 49.7. The van der Waals surface area contributed by atoms with E-state index in [1.165, 1.54) is 12.1 Å². The standard InChI is InChI=1S/C21H18F3NO3/c1-11-12(2)20(26)28-19-13(3)18-14(8-17(11)19)9-25(10-27-18)16-6-4-15(5-7-16)21(22,23)24/h4-8H,9-10H2,1-3H3. The Morgan fingerprint density at radius 1 is 1.00 bits per heavy atom. The first-order valence-corrected chi connectivity index (χ1v) is 8.78. The molecule has 3 aromatic rings. The first-order chi connectivity index (χ1) is 13.2. The molecular formula is C21H18F3NO3. The third kappa shape index (κ3) is 2.91. The van der Waals surface area contributed by atoms with Crippen molar-refractivity contribution < 1.29 is 22.3 Å². The van der Waals surface area contributed by atoms with Gasteiger partial charge in [0.15, 0.2) is 6.73 Å². The molecule has 28 heavy (non-hydrogen) atoms. The Labute approximate surface area is 159 Å². The molecule has 0 atom stereocenters. The van der Waals surface area contributed by atoms with E-state index in [4.69, 9.17) is 9.15 Å². The van der Waals surface area contributed by atoms with Gasteiger partial charge in [0.1, 0.15) is 11.3 Å². The summed E-state index contributed by atoms with van der Waals surface area (Å²) in [5, 5.41) is 0.839. The summed E-state index contributed by atoms with van der Waals surface area (Å²) in [6.07, 6.45) is -4.36. The molecule has 4 rings (SSSR count). The van der Waals surface area contributed by atoms with E-state index in [9.17, 15) is 18.0 Å². The predicted octanol–water partition coefficient (Wildman–Crippen LogP) is 5.09. The van der Waals surface area contributed by atoms with Gasteiger partial charge < -0.3 is 14.1 Å². The lowest BCUT2D eigenvalue weighted by Gasteiger charge is -2.32. The Bertz CT molecular complexity index is 1130. The van der Waals surface area contributed by atoms with Gasteiger partial charge in [0.05, 0.1) is 5.56 Å². The minimum Gasteiger partial charge on any atom is -0.472 e. The maximum Gasteiger partial charge on any atom is 0.416 e. The van der Waals surface area contributed by atoms with E-state index < -0.39 is 11.7 Å². The zero-order chi connectivity index (χ0) is 20.2. The number of hydrogen-bond donors (Lipinski definition) is 0. The molecule has 0 radical (unpaired) electrons. The van der Waals surface area contributed by atoms with E-state index in [2.05, 4.69) is 0 Å². The van der Waals surface area contributed by atoms with Crippen LogP contribution < -0.4 is 15.3 Å². The summed E-state index contributed by atoms with van der Waals surface area (Å²) in [4.78, 5) is 13.9. The number of anilines is 1. The SMILES string of the molecule is Cc1c(C)c2cc3c(c(C)c2oc1=O)OCN(c1ccc(C(F)(F)F)cc1)C3. The number of benzene rings is 2. The molecule has 0 saturated heterocycles. The maximum absolute atomic E-state index is 12.8. The average Bonchev–Trinajstić information content (AvgIpc) is 2.66. The molecule has 146 valence electrons. The Morgan fingerprint density at radius 2 is 1.68 bits per heavy atom. The highest BCUT2D eigenvalue weighted by atomic mass is 19.4. The van der Waals surface area contributed by atoms with Crippen LogP contribution in [0.4, 0.5) is 18.9 Å². The third-order valence-corrected chi connectivity index (χ3v) is 5.29. The molecule has 0 saturated carbocycles. The number of rotatable bonds is 1. The molecule has 0 fully saturated rings. The van der Waals surface area contributed by atoms with Crippen LogP contribution in [0.15, 0.2) is 39.5 Å². The summed E-state index contributed by atoms with van der Waals surface area (Å²) in [6.45, 7) is 6.11. The summed E-state index contributed by atoms with van der Waals surface area (Å²) >= 11 is 0. The van der Waals surface area contributed by atoms with Gasteiger partial charge in [-0.15, -0.1) is 0 Å². The van der Waals surface area contributed by atoms with Crippen molar-refractivity contribution in [1.29, 1.82) is 0 Å². The average molecular weight is 389 g/mol. The lowest BCUT2D eigenvalue weighted by Crippen LogP contribution is -2.32.